The first-order valence-corrected chi connectivity index (χ1v) is 7.88. The Morgan fingerprint density at radius 1 is 1.13 bits per heavy atom. The molecule has 5 nitrogen and oxygen atoms in total. The van der Waals surface area contributed by atoms with E-state index in [0.717, 1.165) is 4.90 Å². The zero-order valence-corrected chi connectivity index (χ0v) is 13.3. The summed E-state index contributed by atoms with van der Waals surface area (Å²) in [6.07, 6.45) is 1.47. The number of amides is 1. The summed E-state index contributed by atoms with van der Waals surface area (Å²) in [5.74, 6) is -0.901. The summed E-state index contributed by atoms with van der Waals surface area (Å²) in [5.41, 5.74) is 4.54. The van der Waals surface area contributed by atoms with Crippen LogP contribution in [0.3, 0.4) is 0 Å². The maximum absolute atomic E-state index is 11.7. The van der Waals surface area contributed by atoms with Crippen molar-refractivity contribution >= 4 is 29.9 Å². The van der Waals surface area contributed by atoms with Gasteiger partial charge in [-0.05, 0) is 36.8 Å². The number of hydrogen-bond donors (Lipinski definition) is 2. The lowest BCUT2D eigenvalue weighted by Crippen LogP contribution is -2.19. The molecule has 0 aliphatic heterocycles. The zero-order chi connectivity index (χ0) is 16.7. The molecule has 0 aliphatic rings. The smallest absolute Gasteiger partial charge is 0.335 e. The molecular formula is C17H16N2O3S. The largest absolute Gasteiger partial charge is 0.478 e. The molecule has 6 heteroatoms. The highest BCUT2D eigenvalue weighted by Crippen LogP contribution is 2.17. The van der Waals surface area contributed by atoms with Gasteiger partial charge < -0.3 is 5.11 Å². The Morgan fingerprint density at radius 2 is 1.78 bits per heavy atom. The van der Waals surface area contributed by atoms with Gasteiger partial charge in [-0.15, -0.1) is 11.8 Å². The lowest BCUT2D eigenvalue weighted by molar-refractivity contribution is -0.118. The van der Waals surface area contributed by atoms with Crippen LogP contribution in [0, 0.1) is 6.92 Å². The summed E-state index contributed by atoms with van der Waals surface area (Å²) in [4.78, 5) is 23.5. The van der Waals surface area contributed by atoms with Crippen LogP contribution >= 0.6 is 11.8 Å². The third kappa shape index (κ3) is 5.60. The number of carbonyl (C=O) groups is 2. The molecule has 2 rings (SSSR count). The molecule has 0 atom stereocenters. The van der Waals surface area contributed by atoms with Gasteiger partial charge in [0.25, 0.3) is 0 Å². The second kappa shape index (κ2) is 8.14. The molecule has 0 radical (unpaired) electrons. The maximum Gasteiger partial charge on any atom is 0.335 e. The molecule has 0 saturated carbocycles. The molecule has 0 spiro atoms. The second-order valence-corrected chi connectivity index (χ2v) is 5.87. The molecule has 2 aromatic rings. The van der Waals surface area contributed by atoms with Gasteiger partial charge in [0.05, 0.1) is 17.5 Å². The summed E-state index contributed by atoms with van der Waals surface area (Å²) < 4.78 is 0. The standard InChI is InChI=1S/C17H16N2O3S/c1-12-2-8-15(9-3-12)23-11-16(20)19-18-10-13-4-6-14(7-5-13)17(21)22/h2-10H,11H2,1H3,(H,19,20)(H,21,22)/b18-10+. The van der Waals surface area contributed by atoms with Gasteiger partial charge in [0.15, 0.2) is 0 Å². The summed E-state index contributed by atoms with van der Waals surface area (Å²) in [6, 6.07) is 14.2. The number of aromatic carboxylic acids is 1. The molecule has 2 aromatic carbocycles. The van der Waals surface area contributed by atoms with Crippen molar-refractivity contribution in [2.45, 2.75) is 11.8 Å². The average molecular weight is 328 g/mol. The van der Waals surface area contributed by atoms with E-state index in [1.165, 1.54) is 35.7 Å². The Morgan fingerprint density at radius 3 is 2.39 bits per heavy atom. The third-order valence-corrected chi connectivity index (χ3v) is 3.96. The van der Waals surface area contributed by atoms with Crippen molar-refractivity contribution in [2.75, 3.05) is 5.75 Å². The van der Waals surface area contributed by atoms with E-state index in [2.05, 4.69) is 10.5 Å². The second-order valence-electron chi connectivity index (χ2n) is 4.82. The van der Waals surface area contributed by atoms with Crippen LogP contribution in [-0.4, -0.2) is 29.0 Å². The van der Waals surface area contributed by atoms with Crippen molar-refractivity contribution in [1.29, 1.82) is 0 Å². The van der Waals surface area contributed by atoms with Crippen molar-refractivity contribution in [1.82, 2.24) is 5.43 Å². The SMILES string of the molecule is Cc1ccc(SCC(=O)N/N=C/c2ccc(C(=O)O)cc2)cc1. The van der Waals surface area contributed by atoms with Crippen LogP contribution in [0.5, 0.6) is 0 Å². The van der Waals surface area contributed by atoms with Crippen molar-refractivity contribution in [3.05, 3.63) is 65.2 Å². The third-order valence-electron chi connectivity index (χ3n) is 2.95. The Hall–Kier alpha value is -2.60. The van der Waals surface area contributed by atoms with Crippen molar-refractivity contribution in [3.8, 4) is 0 Å². The molecule has 0 aliphatic carbocycles. The zero-order valence-electron chi connectivity index (χ0n) is 12.5. The number of carboxylic acid groups (broad SMARTS) is 1. The Labute approximate surface area is 138 Å². The summed E-state index contributed by atoms with van der Waals surface area (Å²) in [6.45, 7) is 2.01. The van der Waals surface area contributed by atoms with Crippen LogP contribution in [0.15, 0.2) is 58.5 Å². The van der Waals surface area contributed by atoms with E-state index in [-0.39, 0.29) is 17.2 Å². The summed E-state index contributed by atoms with van der Waals surface area (Å²) in [5, 5.41) is 12.7. The number of hydrogen-bond acceptors (Lipinski definition) is 4. The molecule has 2 N–H and O–H groups in total. The number of aryl methyl sites for hydroxylation is 1. The van der Waals surface area contributed by atoms with Crippen LogP contribution in [0.1, 0.15) is 21.5 Å². The molecular weight excluding hydrogens is 312 g/mol. The molecule has 118 valence electrons. The first-order valence-electron chi connectivity index (χ1n) is 6.89. The number of nitrogens with zero attached hydrogens (tertiary/aromatic N) is 1. The van der Waals surface area contributed by atoms with Gasteiger partial charge in [-0.2, -0.15) is 5.10 Å². The lowest BCUT2D eigenvalue weighted by Gasteiger charge is -2.01. The van der Waals surface area contributed by atoms with Crippen molar-refractivity contribution in [2.24, 2.45) is 5.10 Å². The van der Waals surface area contributed by atoms with Crippen LogP contribution in [0.25, 0.3) is 0 Å². The molecule has 0 fully saturated rings. The van der Waals surface area contributed by atoms with E-state index < -0.39 is 5.97 Å². The normalized spacial score (nSPS) is 10.7. The van der Waals surface area contributed by atoms with E-state index in [0.29, 0.717) is 5.56 Å². The predicted molar refractivity (Wildman–Crippen MR) is 91.0 cm³/mol. The highest BCUT2D eigenvalue weighted by Gasteiger charge is 2.02. The fourth-order valence-corrected chi connectivity index (χ4v) is 2.40. The topological polar surface area (TPSA) is 78.8 Å². The highest BCUT2D eigenvalue weighted by molar-refractivity contribution is 8.00. The molecule has 1 amide bonds. The highest BCUT2D eigenvalue weighted by atomic mass is 32.2. The predicted octanol–water partition coefficient (Wildman–Crippen LogP) is 2.94. The first kappa shape index (κ1) is 16.8. The number of carbonyl (C=O) groups excluding carboxylic acids is 1. The minimum Gasteiger partial charge on any atom is -0.478 e. The monoisotopic (exact) mass is 328 g/mol. The number of nitrogens with one attached hydrogen (secondary N) is 1. The van der Waals surface area contributed by atoms with Crippen LogP contribution < -0.4 is 5.43 Å². The molecule has 0 unspecified atom stereocenters. The average Bonchev–Trinajstić information content (AvgIpc) is 2.55. The number of thioether (sulfide) groups is 1. The van der Waals surface area contributed by atoms with Gasteiger partial charge in [-0.1, -0.05) is 29.8 Å². The van der Waals surface area contributed by atoms with Gasteiger partial charge >= 0.3 is 5.97 Å². The van der Waals surface area contributed by atoms with Crippen LogP contribution in [0.4, 0.5) is 0 Å². The van der Waals surface area contributed by atoms with Crippen LogP contribution in [0.2, 0.25) is 0 Å². The molecule has 0 saturated heterocycles. The van der Waals surface area contributed by atoms with E-state index in [1.807, 2.05) is 31.2 Å². The molecule has 0 aromatic heterocycles. The quantitative estimate of drug-likeness (QED) is 0.485. The number of benzene rings is 2. The first-order chi connectivity index (χ1) is 11.0. The lowest BCUT2D eigenvalue weighted by atomic mass is 10.1. The van der Waals surface area contributed by atoms with E-state index >= 15 is 0 Å². The van der Waals surface area contributed by atoms with E-state index in [4.69, 9.17) is 5.11 Å². The van der Waals surface area contributed by atoms with Gasteiger partial charge in [0, 0.05) is 4.90 Å². The van der Waals surface area contributed by atoms with Gasteiger partial charge in [-0.3, -0.25) is 4.79 Å². The van der Waals surface area contributed by atoms with Crippen LogP contribution in [-0.2, 0) is 4.79 Å². The van der Waals surface area contributed by atoms with Crippen molar-refractivity contribution in [3.63, 3.8) is 0 Å². The van der Waals surface area contributed by atoms with Gasteiger partial charge in [0.1, 0.15) is 0 Å². The Balaban J connectivity index is 1.79. The minimum absolute atomic E-state index is 0.200. The van der Waals surface area contributed by atoms with E-state index in [1.54, 1.807) is 12.1 Å². The van der Waals surface area contributed by atoms with Gasteiger partial charge in [-0.25, -0.2) is 10.2 Å². The minimum atomic E-state index is -0.977. The molecule has 0 heterocycles. The number of rotatable bonds is 6. The van der Waals surface area contributed by atoms with Crippen molar-refractivity contribution < 1.29 is 14.7 Å². The molecule has 0 bridgehead atoms. The number of hydrazone groups is 1. The number of carboxylic acids is 1. The Bertz CT molecular complexity index is 710. The fourth-order valence-electron chi connectivity index (χ4n) is 1.71. The maximum atomic E-state index is 11.7. The summed E-state index contributed by atoms with van der Waals surface area (Å²) in [7, 11) is 0. The fraction of sp³-hybridized carbons (Fsp3) is 0.118. The molecule has 23 heavy (non-hydrogen) atoms. The summed E-state index contributed by atoms with van der Waals surface area (Å²) >= 11 is 1.44. The Kier molecular flexibility index (Phi) is 5.94. The van der Waals surface area contributed by atoms with Gasteiger partial charge in [0.2, 0.25) is 5.91 Å². The van der Waals surface area contributed by atoms with E-state index in [9.17, 15) is 9.59 Å².